The molecule has 2 rings (SSSR count). The van der Waals surface area contributed by atoms with E-state index in [9.17, 15) is 14.7 Å². The summed E-state index contributed by atoms with van der Waals surface area (Å²) in [6, 6.07) is 4.45. The molecule has 0 aliphatic heterocycles. The molecular weight excluding hydrogens is 280 g/mol. The molecule has 0 spiro atoms. The SMILES string of the molecule is COC(=O)c1cccc(NC(=O)c2scnc2C)c1O. The van der Waals surface area contributed by atoms with E-state index in [2.05, 4.69) is 15.0 Å². The fraction of sp³-hybridized carbons (Fsp3) is 0.154. The zero-order chi connectivity index (χ0) is 14.7. The van der Waals surface area contributed by atoms with Crippen molar-refractivity contribution in [3.63, 3.8) is 0 Å². The fourth-order valence-corrected chi connectivity index (χ4v) is 2.32. The average Bonchev–Trinajstić information content (AvgIpc) is 2.86. The predicted octanol–water partition coefficient (Wildman–Crippen LogP) is 2.20. The van der Waals surface area contributed by atoms with E-state index in [0.717, 1.165) is 0 Å². The molecule has 0 fully saturated rings. The van der Waals surface area contributed by atoms with Gasteiger partial charge in [0.2, 0.25) is 0 Å². The maximum atomic E-state index is 12.0. The van der Waals surface area contributed by atoms with Crippen LogP contribution in [0.3, 0.4) is 0 Å². The van der Waals surface area contributed by atoms with Gasteiger partial charge in [-0.25, -0.2) is 9.78 Å². The molecule has 20 heavy (non-hydrogen) atoms. The first-order chi connectivity index (χ1) is 9.54. The van der Waals surface area contributed by atoms with E-state index in [1.165, 1.54) is 30.6 Å². The highest BCUT2D eigenvalue weighted by Gasteiger charge is 2.18. The van der Waals surface area contributed by atoms with E-state index in [4.69, 9.17) is 0 Å². The van der Waals surface area contributed by atoms with Crippen LogP contribution in [0.1, 0.15) is 25.7 Å². The molecule has 0 unspecified atom stereocenters. The number of anilines is 1. The van der Waals surface area contributed by atoms with Crippen molar-refractivity contribution >= 4 is 28.9 Å². The number of aromatic nitrogens is 1. The van der Waals surface area contributed by atoms with Gasteiger partial charge >= 0.3 is 5.97 Å². The third-order valence-electron chi connectivity index (χ3n) is 2.64. The molecule has 7 heteroatoms. The van der Waals surface area contributed by atoms with E-state index < -0.39 is 5.97 Å². The molecule has 0 radical (unpaired) electrons. The molecule has 2 N–H and O–H groups in total. The quantitative estimate of drug-likeness (QED) is 0.668. The zero-order valence-corrected chi connectivity index (χ0v) is 11.7. The van der Waals surface area contributed by atoms with Gasteiger partial charge in [0.05, 0.1) is 24.0 Å². The number of aromatic hydroxyl groups is 1. The number of rotatable bonds is 3. The number of nitrogens with zero attached hydrogens (tertiary/aromatic N) is 1. The predicted molar refractivity (Wildman–Crippen MR) is 74.3 cm³/mol. The topological polar surface area (TPSA) is 88.5 Å². The van der Waals surface area contributed by atoms with Crippen LogP contribution in [0.15, 0.2) is 23.7 Å². The Morgan fingerprint density at radius 2 is 2.15 bits per heavy atom. The van der Waals surface area contributed by atoms with Crippen LogP contribution in [-0.2, 0) is 4.74 Å². The molecule has 6 nitrogen and oxygen atoms in total. The standard InChI is InChI=1S/C13H12N2O4S/c1-7-11(20-6-14-7)12(17)15-9-5-3-4-8(10(9)16)13(18)19-2/h3-6,16H,1-2H3,(H,15,17). The number of aryl methyl sites for hydroxylation is 1. The smallest absolute Gasteiger partial charge is 0.341 e. The first-order valence-corrected chi connectivity index (χ1v) is 6.54. The summed E-state index contributed by atoms with van der Waals surface area (Å²) < 4.78 is 4.55. The number of carbonyl (C=O) groups excluding carboxylic acids is 2. The van der Waals surface area contributed by atoms with Crippen LogP contribution in [0.25, 0.3) is 0 Å². The normalized spacial score (nSPS) is 10.1. The molecule has 1 aromatic heterocycles. The minimum atomic E-state index is -0.674. The summed E-state index contributed by atoms with van der Waals surface area (Å²) in [5.41, 5.74) is 2.31. The molecule has 0 saturated carbocycles. The van der Waals surface area contributed by atoms with E-state index in [1.807, 2.05) is 0 Å². The highest BCUT2D eigenvalue weighted by molar-refractivity contribution is 7.12. The fourth-order valence-electron chi connectivity index (χ4n) is 1.62. The number of hydrogen-bond acceptors (Lipinski definition) is 6. The first-order valence-electron chi connectivity index (χ1n) is 5.66. The third kappa shape index (κ3) is 2.62. The molecule has 0 bridgehead atoms. The Balaban J connectivity index is 2.29. The summed E-state index contributed by atoms with van der Waals surface area (Å²) in [4.78, 5) is 27.9. The van der Waals surface area contributed by atoms with Gasteiger partial charge in [-0.05, 0) is 19.1 Å². The van der Waals surface area contributed by atoms with Gasteiger partial charge < -0.3 is 15.2 Å². The Kier molecular flexibility index (Phi) is 3.99. The van der Waals surface area contributed by atoms with Crippen LogP contribution in [0.2, 0.25) is 0 Å². The van der Waals surface area contributed by atoms with Crippen molar-refractivity contribution < 1.29 is 19.4 Å². The van der Waals surface area contributed by atoms with Crippen molar-refractivity contribution in [2.24, 2.45) is 0 Å². The number of para-hydroxylation sites is 1. The van der Waals surface area contributed by atoms with Gasteiger partial charge in [-0.3, -0.25) is 4.79 Å². The molecule has 104 valence electrons. The van der Waals surface area contributed by atoms with Gasteiger partial charge in [-0.1, -0.05) is 6.07 Å². The first kappa shape index (κ1) is 14.0. The van der Waals surface area contributed by atoms with Crippen LogP contribution in [0.4, 0.5) is 5.69 Å². The minimum Gasteiger partial charge on any atom is -0.505 e. The molecule has 1 heterocycles. The summed E-state index contributed by atoms with van der Waals surface area (Å²) in [7, 11) is 1.22. The second-order valence-electron chi connectivity index (χ2n) is 3.91. The Bertz CT molecular complexity index is 666. The van der Waals surface area contributed by atoms with Gasteiger partial charge in [0.1, 0.15) is 10.4 Å². The zero-order valence-electron chi connectivity index (χ0n) is 10.8. The van der Waals surface area contributed by atoms with Gasteiger partial charge in [-0.15, -0.1) is 11.3 Å². The van der Waals surface area contributed by atoms with Crippen LogP contribution >= 0.6 is 11.3 Å². The van der Waals surface area contributed by atoms with Crippen LogP contribution in [-0.4, -0.2) is 29.1 Å². The molecule has 2 aromatic rings. The van der Waals surface area contributed by atoms with E-state index in [0.29, 0.717) is 10.6 Å². The monoisotopic (exact) mass is 292 g/mol. The molecule has 1 aromatic carbocycles. The largest absolute Gasteiger partial charge is 0.505 e. The summed E-state index contributed by atoms with van der Waals surface area (Å²) in [5.74, 6) is -1.38. The number of benzene rings is 1. The van der Waals surface area contributed by atoms with Crippen molar-refractivity contribution in [3.8, 4) is 5.75 Å². The number of ether oxygens (including phenoxy) is 1. The second-order valence-corrected chi connectivity index (χ2v) is 4.77. The third-order valence-corrected chi connectivity index (χ3v) is 3.57. The molecule has 1 amide bonds. The Labute approximate surface area is 119 Å². The number of carbonyl (C=O) groups is 2. The van der Waals surface area contributed by atoms with E-state index >= 15 is 0 Å². The number of thiazole rings is 1. The molecule has 0 atom stereocenters. The number of methoxy groups -OCH3 is 1. The maximum absolute atomic E-state index is 12.0. The van der Waals surface area contributed by atoms with Crippen LogP contribution < -0.4 is 5.32 Å². The second kappa shape index (κ2) is 5.70. The van der Waals surface area contributed by atoms with Crippen LogP contribution in [0, 0.1) is 6.92 Å². The van der Waals surface area contributed by atoms with Crippen molar-refractivity contribution in [1.29, 1.82) is 0 Å². The van der Waals surface area contributed by atoms with Crippen molar-refractivity contribution in [2.75, 3.05) is 12.4 Å². The molecule has 0 saturated heterocycles. The lowest BCUT2D eigenvalue weighted by Gasteiger charge is -2.09. The molecule has 0 aliphatic carbocycles. The van der Waals surface area contributed by atoms with Crippen molar-refractivity contribution in [3.05, 3.63) is 39.8 Å². The number of phenolic OH excluding ortho intramolecular Hbond substituents is 1. The number of amides is 1. The van der Waals surface area contributed by atoms with Crippen molar-refractivity contribution in [1.82, 2.24) is 4.98 Å². The van der Waals surface area contributed by atoms with Crippen LogP contribution in [0.5, 0.6) is 5.75 Å². The summed E-state index contributed by atoms with van der Waals surface area (Å²) >= 11 is 1.20. The van der Waals surface area contributed by atoms with E-state index in [-0.39, 0.29) is 22.9 Å². The summed E-state index contributed by atoms with van der Waals surface area (Å²) in [5, 5.41) is 12.5. The van der Waals surface area contributed by atoms with Gasteiger partial charge in [0.25, 0.3) is 5.91 Å². The van der Waals surface area contributed by atoms with Gasteiger partial charge in [0.15, 0.2) is 5.75 Å². The Hall–Kier alpha value is -2.41. The van der Waals surface area contributed by atoms with E-state index in [1.54, 1.807) is 18.5 Å². The molecule has 0 aliphatic rings. The maximum Gasteiger partial charge on any atom is 0.341 e. The number of phenols is 1. The lowest BCUT2D eigenvalue weighted by molar-refractivity contribution is 0.0597. The van der Waals surface area contributed by atoms with Crippen molar-refractivity contribution in [2.45, 2.75) is 6.92 Å². The number of hydrogen-bond donors (Lipinski definition) is 2. The Morgan fingerprint density at radius 1 is 1.40 bits per heavy atom. The number of nitrogens with one attached hydrogen (secondary N) is 1. The number of esters is 1. The average molecular weight is 292 g/mol. The Morgan fingerprint density at radius 3 is 2.75 bits per heavy atom. The summed E-state index contributed by atoms with van der Waals surface area (Å²) in [6.45, 7) is 1.72. The summed E-state index contributed by atoms with van der Waals surface area (Å²) in [6.07, 6.45) is 0. The lowest BCUT2D eigenvalue weighted by atomic mass is 10.1. The lowest BCUT2D eigenvalue weighted by Crippen LogP contribution is -2.12. The molecular formula is C13H12N2O4S. The van der Waals surface area contributed by atoms with Gasteiger partial charge in [0, 0.05) is 0 Å². The minimum absolute atomic E-state index is 0.00803. The highest BCUT2D eigenvalue weighted by Crippen LogP contribution is 2.28. The highest BCUT2D eigenvalue weighted by atomic mass is 32.1. The van der Waals surface area contributed by atoms with Gasteiger partial charge in [-0.2, -0.15) is 0 Å².